The Bertz CT molecular complexity index is 608. The van der Waals surface area contributed by atoms with Crippen LogP contribution in [-0.4, -0.2) is 12.6 Å². The summed E-state index contributed by atoms with van der Waals surface area (Å²) in [5.74, 6) is -1.17. The molecule has 0 aliphatic rings. The van der Waals surface area contributed by atoms with Crippen LogP contribution in [0.1, 0.15) is 30.0 Å². The minimum Gasteiger partial charge on any atom is -0.327 e. The van der Waals surface area contributed by atoms with E-state index >= 15 is 0 Å². The van der Waals surface area contributed by atoms with Crippen LogP contribution in [0, 0.1) is 18.1 Å². The van der Waals surface area contributed by atoms with Gasteiger partial charge in [-0.2, -0.15) is 0 Å². The molecule has 1 atom stereocenters. The van der Waals surface area contributed by atoms with Crippen LogP contribution >= 0.6 is 0 Å². The lowest BCUT2D eigenvalue weighted by atomic mass is 10.0. The zero-order valence-electron chi connectivity index (χ0n) is 13.4. The third-order valence-electron chi connectivity index (χ3n) is 3.67. The van der Waals surface area contributed by atoms with Crippen molar-refractivity contribution in [1.29, 1.82) is 0 Å². The summed E-state index contributed by atoms with van der Waals surface area (Å²) in [6.07, 6.45) is 3.41. The summed E-state index contributed by atoms with van der Waals surface area (Å²) in [4.78, 5) is 0. The van der Waals surface area contributed by atoms with Crippen LogP contribution in [0.3, 0.4) is 0 Å². The van der Waals surface area contributed by atoms with Gasteiger partial charge < -0.3 is 11.1 Å². The maximum absolute atomic E-state index is 13.1. The molecule has 23 heavy (non-hydrogen) atoms. The maximum Gasteiger partial charge on any atom is 0.126 e. The van der Waals surface area contributed by atoms with Gasteiger partial charge in [-0.05, 0) is 48.2 Å². The summed E-state index contributed by atoms with van der Waals surface area (Å²) in [5, 5.41) is 3.34. The molecule has 1 radical (unpaired) electrons. The van der Waals surface area contributed by atoms with Crippen molar-refractivity contribution in [2.75, 3.05) is 6.54 Å². The number of benzene rings is 2. The van der Waals surface area contributed by atoms with Crippen molar-refractivity contribution in [1.82, 2.24) is 5.32 Å². The number of hydrogen-bond donors (Lipinski definition) is 2. The van der Waals surface area contributed by atoms with Gasteiger partial charge in [0.2, 0.25) is 0 Å². The predicted molar refractivity (Wildman–Crippen MR) is 89.9 cm³/mol. The van der Waals surface area contributed by atoms with Crippen molar-refractivity contribution in [3.8, 4) is 0 Å². The minimum atomic E-state index is -0.586. The van der Waals surface area contributed by atoms with E-state index in [0.29, 0.717) is 12.0 Å². The quantitative estimate of drug-likeness (QED) is 0.730. The molecule has 4 heteroatoms. The Morgan fingerprint density at radius 1 is 1.09 bits per heavy atom. The fourth-order valence-electron chi connectivity index (χ4n) is 2.46. The Kier molecular flexibility index (Phi) is 6.68. The Morgan fingerprint density at radius 2 is 1.78 bits per heavy atom. The zero-order chi connectivity index (χ0) is 16.7. The van der Waals surface area contributed by atoms with Gasteiger partial charge in [0.1, 0.15) is 11.6 Å². The molecule has 3 N–H and O–H groups in total. The summed E-state index contributed by atoms with van der Waals surface area (Å²) in [6.45, 7) is 3.66. The van der Waals surface area contributed by atoms with Crippen molar-refractivity contribution in [2.45, 2.75) is 32.4 Å². The number of hydrogen-bond acceptors (Lipinski definition) is 2. The normalized spacial score (nSPS) is 12.3. The average molecular weight is 317 g/mol. The van der Waals surface area contributed by atoms with Gasteiger partial charge in [-0.1, -0.05) is 31.2 Å². The van der Waals surface area contributed by atoms with E-state index < -0.39 is 11.6 Å². The fourth-order valence-corrected chi connectivity index (χ4v) is 2.46. The summed E-state index contributed by atoms with van der Waals surface area (Å²) in [7, 11) is 0. The highest BCUT2D eigenvalue weighted by Crippen LogP contribution is 2.12. The first-order chi connectivity index (χ1) is 11.1. The van der Waals surface area contributed by atoms with E-state index in [1.54, 1.807) is 6.42 Å². The monoisotopic (exact) mass is 317 g/mol. The van der Waals surface area contributed by atoms with Gasteiger partial charge in [0.05, 0.1) is 0 Å². The number of nitrogens with one attached hydrogen (secondary N) is 1. The van der Waals surface area contributed by atoms with Gasteiger partial charge in [0.15, 0.2) is 0 Å². The van der Waals surface area contributed by atoms with E-state index in [1.807, 2.05) is 0 Å². The van der Waals surface area contributed by atoms with Crippen LogP contribution in [-0.2, 0) is 13.0 Å². The number of rotatable bonds is 8. The van der Waals surface area contributed by atoms with Crippen LogP contribution in [0.25, 0.3) is 0 Å². The van der Waals surface area contributed by atoms with Crippen LogP contribution in [0.15, 0.2) is 42.5 Å². The van der Waals surface area contributed by atoms with Crippen LogP contribution in [0.4, 0.5) is 8.78 Å². The third-order valence-corrected chi connectivity index (χ3v) is 3.67. The van der Waals surface area contributed by atoms with E-state index in [9.17, 15) is 8.78 Å². The molecule has 2 rings (SSSR count). The Labute approximate surface area is 136 Å². The van der Waals surface area contributed by atoms with Crippen molar-refractivity contribution in [3.63, 3.8) is 0 Å². The van der Waals surface area contributed by atoms with E-state index in [0.717, 1.165) is 25.6 Å². The molecular weight excluding hydrogens is 294 g/mol. The molecule has 0 aliphatic heterocycles. The fraction of sp³-hybridized carbons (Fsp3) is 0.316. The van der Waals surface area contributed by atoms with Gasteiger partial charge in [-0.25, -0.2) is 8.78 Å². The highest BCUT2D eigenvalue weighted by atomic mass is 19.1. The largest absolute Gasteiger partial charge is 0.327 e. The molecule has 2 aromatic carbocycles. The molecule has 0 saturated heterocycles. The standard InChI is InChI=1S/C19H23F2N2/c1-2-14-4-3-5-15(8-14)13-23-7-6-19(22)11-16-9-17(20)12-18(21)10-16/h3-5,8-12,19,23H,2,6-7,13,22H2,1H3/t19-/m1/s1. The molecule has 0 amide bonds. The molecule has 123 valence electrons. The summed E-state index contributed by atoms with van der Waals surface area (Å²) in [6, 6.07) is 11.6. The predicted octanol–water partition coefficient (Wildman–Crippen LogP) is 3.59. The Morgan fingerprint density at radius 3 is 2.48 bits per heavy atom. The molecule has 2 nitrogen and oxygen atoms in total. The van der Waals surface area contributed by atoms with Crippen LogP contribution in [0.2, 0.25) is 0 Å². The molecule has 2 aromatic rings. The lowest BCUT2D eigenvalue weighted by Gasteiger charge is -2.12. The second kappa shape index (κ2) is 8.75. The van der Waals surface area contributed by atoms with Crippen LogP contribution < -0.4 is 11.1 Å². The van der Waals surface area contributed by atoms with Crippen molar-refractivity contribution >= 4 is 0 Å². The first kappa shape index (κ1) is 17.6. The molecule has 0 bridgehead atoms. The molecule has 0 aliphatic carbocycles. The lowest BCUT2D eigenvalue weighted by Crippen LogP contribution is -2.27. The summed E-state index contributed by atoms with van der Waals surface area (Å²) >= 11 is 0. The first-order valence-electron chi connectivity index (χ1n) is 7.92. The van der Waals surface area contributed by atoms with E-state index in [-0.39, 0.29) is 6.04 Å². The molecule has 0 spiro atoms. The smallest absolute Gasteiger partial charge is 0.126 e. The highest BCUT2D eigenvalue weighted by Gasteiger charge is 2.07. The second-order valence-corrected chi connectivity index (χ2v) is 5.67. The lowest BCUT2D eigenvalue weighted by molar-refractivity contribution is 0.577. The molecular formula is C19H23F2N2. The van der Waals surface area contributed by atoms with Crippen molar-refractivity contribution in [2.24, 2.45) is 5.73 Å². The summed E-state index contributed by atoms with van der Waals surface area (Å²) in [5.41, 5.74) is 9.03. The average Bonchev–Trinajstić information content (AvgIpc) is 2.51. The Balaban J connectivity index is 1.73. The van der Waals surface area contributed by atoms with Crippen molar-refractivity contribution < 1.29 is 8.78 Å². The molecule has 0 aromatic heterocycles. The number of halogens is 2. The summed E-state index contributed by atoms with van der Waals surface area (Å²) < 4.78 is 26.2. The molecule has 0 fully saturated rings. The van der Waals surface area contributed by atoms with Crippen molar-refractivity contribution in [3.05, 3.63) is 77.2 Å². The molecule has 0 unspecified atom stereocenters. The third kappa shape index (κ3) is 6.08. The van der Waals surface area contributed by atoms with E-state index in [1.165, 1.54) is 23.3 Å². The SMILES string of the molecule is CCc1cccc(CNCC[C@@H](N)[CH]c2cc(F)cc(F)c2)c1. The minimum absolute atomic E-state index is 0.245. The molecule has 0 saturated carbocycles. The van der Waals surface area contributed by atoms with Gasteiger partial charge in [-0.3, -0.25) is 0 Å². The number of nitrogens with two attached hydrogens (primary N) is 1. The zero-order valence-corrected chi connectivity index (χ0v) is 13.4. The highest BCUT2D eigenvalue weighted by molar-refractivity contribution is 5.26. The number of aryl methyl sites for hydroxylation is 1. The topological polar surface area (TPSA) is 38.0 Å². The Hall–Kier alpha value is -1.78. The maximum atomic E-state index is 13.1. The van der Waals surface area contributed by atoms with E-state index in [2.05, 4.69) is 36.5 Å². The second-order valence-electron chi connectivity index (χ2n) is 5.67. The van der Waals surface area contributed by atoms with Gasteiger partial charge in [0.25, 0.3) is 0 Å². The van der Waals surface area contributed by atoms with Crippen LogP contribution in [0.5, 0.6) is 0 Å². The molecule has 0 heterocycles. The first-order valence-corrected chi connectivity index (χ1v) is 7.92. The van der Waals surface area contributed by atoms with Gasteiger partial charge >= 0.3 is 0 Å². The van der Waals surface area contributed by atoms with E-state index in [4.69, 9.17) is 5.73 Å². The van der Waals surface area contributed by atoms with Gasteiger partial charge in [0, 0.05) is 25.1 Å². The van der Waals surface area contributed by atoms with Gasteiger partial charge in [-0.15, -0.1) is 0 Å².